The molecule has 2 aromatic carbocycles. The zero-order valence-electron chi connectivity index (χ0n) is 13.6. The number of rotatable bonds is 7. The maximum Gasteiger partial charge on any atom is 0.306 e. The van der Waals surface area contributed by atoms with Crippen LogP contribution in [-0.2, 0) is 20.7 Å². The molecule has 0 radical (unpaired) electrons. The highest BCUT2D eigenvalue weighted by Gasteiger charge is 2.13. The molecule has 0 aliphatic heterocycles. The lowest BCUT2D eigenvalue weighted by Gasteiger charge is -2.08. The molecular weight excluding hydrogens is 332 g/mol. The van der Waals surface area contributed by atoms with E-state index in [2.05, 4.69) is 0 Å². The highest BCUT2D eigenvalue weighted by molar-refractivity contribution is 5.93. The average Bonchev–Trinajstić information content (AvgIpc) is 2.62. The fourth-order valence-corrected chi connectivity index (χ4v) is 2.05. The molecule has 2 aromatic rings. The van der Waals surface area contributed by atoms with E-state index in [1.54, 1.807) is 19.2 Å². The Labute approximate surface area is 143 Å². The molecule has 0 fully saturated rings. The van der Waals surface area contributed by atoms with Gasteiger partial charge < -0.3 is 14.8 Å². The summed E-state index contributed by atoms with van der Waals surface area (Å²) in [6.07, 6.45) is 0.514. The number of nitrogens with one attached hydrogen (secondary N) is 1. The average molecular weight is 349 g/mol. The monoisotopic (exact) mass is 349 g/mol. The molecule has 7 heteroatoms. The summed E-state index contributed by atoms with van der Waals surface area (Å²) in [6, 6.07) is 10.4. The van der Waals surface area contributed by atoms with Gasteiger partial charge in [0.05, 0.1) is 7.11 Å². The van der Waals surface area contributed by atoms with Crippen LogP contribution in [0, 0.1) is 11.6 Å². The van der Waals surface area contributed by atoms with Crippen LogP contribution in [0.5, 0.6) is 5.75 Å². The van der Waals surface area contributed by atoms with Crippen LogP contribution in [0.25, 0.3) is 0 Å². The van der Waals surface area contributed by atoms with Crippen molar-refractivity contribution in [3.63, 3.8) is 0 Å². The second-order valence-corrected chi connectivity index (χ2v) is 5.15. The predicted octanol–water partition coefficient (Wildman–Crippen LogP) is 3.09. The van der Waals surface area contributed by atoms with Gasteiger partial charge in [0.25, 0.3) is 5.91 Å². The molecule has 1 N–H and O–H groups in total. The van der Waals surface area contributed by atoms with Crippen LogP contribution in [0.3, 0.4) is 0 Å². The molecule has 0 spiro atoms. The van der Waals surface area contributed by atoms with Crippen molar-refractivity contribution in [2.24, 2.45) is 0 Å². The van der Waals surface area contributed by atoms with E-state index in [1.807, 2.05) is 17.4 Å². The number of hydrogen-bond donors (Lipinski definition) is 1. The van der Waals surface area contributed by atoms with Crippen LogP contribution in [0.15, 0.2) is 42.5 Å². The number of benzene rings is 2. The molecule has 0 saturated heterocycles. The highest BCUT2D eigenvalue weighted by atomic mass is 19.1. The number of carbonyl (C=O) groups excluding carboxylic acids is 2. The number of ether oxygens (including phenoxy) is 2. The topological polar surface area (TPSA) is 64.6 Å². The van der Waals surface area contributed by atoms with Crippen molar-refractivity contribution in [1.82, 2.24) is 0 Å². The summed E-state index contributed by atoms with van der Waals surface area (Å²) in [4.78, 5) is 23.3. The first-order valence-corrected chi connectivity index (χ1v) is 7.52. The molecule has 1 amide bonds. The first-order chi connectivity index (χ1) is 12.0. The Hall–Kier alpha value is -2.96. The van der Waals surface area contributed by atoms with E-state index in [0.717, 1.165) is 17.7 Å². The van der Waals surface area contributed by atoms with Crippen molar-refractivity contribution < 1.29 is 27.8 Å². The van der Waals surface area contributed by atoms with E-state index in [0.29, 0.717) is 12.2 Å². The molecule has 0 unspecified atom stereocenters. The van der Waals surface area contributed by atoms with Gasteiger partial charge in [0.15, 0.2) is 6.61 Å². The minimum absolute atomic E-state index is 0.0771. The third kappa shape index (κ3) is 5.56. The molecule has 0 aliphatic carbocycles. The number of amides is 1. The summed E-state index contributed by atoms with van der Waals surface area (Å²) in [5.74, 6) is -2.50. The maximum atomic E-state index is 13.4. The lowest BCUT2D eigenvalue weighted by atomic mass is 10.1. The molecule has 132 valence electrons. The lowest BCUT2D eigenvalue weighted by Crippen LogP contribution is -2.22. The van der Waals surface area contributed by atoms with Crippen LogP contribution >= 0.6 is 0 Å². The fraction of sp³-hybridized carbons (Fsp3) is 0.222. The van der Waals surface area contributed by atoms with Crippen molar-refractivity contribution in [2.75, 3.05) is 19.0 Å². The summed E-state index contributed by atoms with van der Waals surface area (Å²) in [6.45, 7) is -0.616. The first kappa shape index (κ1) is 18.4. The second kappa shape index (κ2) is 8.77. The summed E-state index contributed by atoms with van der Waals surface area (Å²) in [5, 5.41) is 2.04. The number of methoxy groups -OCH3 is 1. The molecule has 0 saturated carbocycles. The van der Waals surface area contributed by atoms with Gasteiger partial charge >= 0.3 is 5.97 Å². The van der Waals surface area contributed by atoms with E-state index < -0.39 is 35.8 Å². The molecule has 0 aliphatic rings. The van der Waals surface area contributed by atoms with Gasteiger partial charge in [0.1, 0.15) is 23.1 Å². The van der Waals surface area contributed by atoms with Gasteiger partial charge in [0, 0.05) is 6.42 Å². The molecule has 0 bridgehead atoms. The Morgan fingerprint density at radius 2 is 1.68 bits per heavy atom. The van der Waals surface area contributed by atoms with Gasteiger partial charge in [-0.1, -0.05) is 18.2 Å². The fourth-order valence-electron chi connectivity index (χ4n) is 2.05. The first-order valence-electron chi connectivity index (χ1n) is 7.52. The van der Waals surface area contributed by atoms with Crippen molar-refractivity contribution in [1.29, 1.82) is 0 Å². The number of aryl methyl sites for hydroxylation is 1. The van der Waals surface area contributed by atoms with Crippen molar-refractivity contribution >= 4 is 17.6 Å². The molecular formula is C18H17F2NO4. The predicted molar refractivity (Wildman–Crippen MR) is 87.3 cm³/mol. The van der Waals surface area contributed by atoms with Gasteiger partial charge in [-0.3, -0.25) is 9.59 Å². The highest BCUT2D eigenvalue weighted by Crippen LogP contribution is 2.17. The normalized spacial score (nSPS) is 10.2. The van der Waals surface area contributed by atoms with E-state index in [4.69, 9.17) is 9.47 Å². The zero-order chi connectivity index (χ0) is 18.2. The Morgan fingerprint density at radius 3 is 2.28 bits per heavy atom. The number of halogens is 2. The van der Waals surface area contributed by atoms with Gasteiger partial charge in [-0.15, -0.1) is 0 Å². The summed E-state index contributed by atoms with van der Waals surface area (Å²) < 4.78 is 36.6. The van der Waals surface area contributed by atoms with Crippen LogP contribution in [0.2, 0.25) is 0 Å². The van der Waals surface area contributed by atoms with Crippen molar-refractivity contribution in [3.05, 3.63) is 59.7 Å². The van der Waals surface area contributed by atoms with E-state index in [9.17, 15) is 18.4 Å². The number of esters is 1. The van der Waals surface area contributed by atoms with Crippen LogP contribution < -0.4 is 10.1 Å². The minimum Gasteiger partial charge on any atom is -0.497 e. The van der Waals surface area contributed by atoms with Crippen molar-refractivity contribution in [2.45, 2.75) is 12.8 Å². The van der Waals surface area contributed by atoms with Gasteiger partial charge in [0.2, 0.25) is 0 Å². The smallest absolute Gasteiger partial charge is 0.306 e. The molecule has 0 aromatic heterocycles. The third-order valence-corrected chi connectivity index (χ3v) is 3.37. The van der Waals surface area contributed by atoms with E-state index >= 15 is 0 Å². The van der Waals surface area contributed by atoms with E-state index in [-0.39, 0.29) is 6.42 Å². The lowest BCUT2D eigenvalue weighted by molar-refractivity contribution is -0.147. The summed E-state index contributed by atoms with van der Waals surface area (Å²) >= 11 is 0. The van der Waals surface area contributed by atoms with Crippen LogP contribution in [-0.4, -0.2) is 25.6 Å². The number of para-hydroxylation sites is 1. The number of anilines is 1. The van der Waals surface area contributed by atoms with Gasteiger partial charge in [-0.25, -0.2) is 8.78 Å². The number of hydrogen-bond acceptors (Lipinski definition) is 4. The second-order valence-electron chi connectivity index (χ2n) is 5.15. The molecule has 25 heavy (non-hydrogen) atoms. The number of carbonyl (C=O) groups is 2. The van der Waals surface area contributed by atoms with Crippen molar-refractivity contribution in [3.8, 4) is 5.75 Å². The van der Waals surface area contributed by atoms with Gasteiger partial charge in [-0.2, -0.15) is 0 Å². The van der Waals surface area contributed by atoms with Crippen LogP contribution in [0.1, 0.15) is 12.0 Å². The standard InChI is InChI=1S/C18H17F2NO4/c1-24-13-8-5-12(6-9-13)7-10-17(23)25-11-16(22)21-18-14(19)3-2-4-15(18)20/h2-6,8-9H,7,10-11H2,1H3,(H,21,22). The molecule has 5 nitrogen and oxygen atoms in total. The third-order valence-electron chi connectivity index (χ3n) is 3.37. The SMILES string of the molecule is COc1ccc(CCC(=O)OCC(=O)Nc2c(F)cccc2F)cc1. The Bertz CT molecular complexity index is 727. The minimum atomic E-state index is -0.904. The van der Waals surface area contributed by atoms with Crippen LogP contribution in [0.4, 0.5) is 14.5 Å². The molecule has 0 atom stereocenters. The Morgan fingerprint density at radius 1 is 1.04 bits per heavy atom. The molecule has 2 rings (SSSR count). The largest absolute Gasteiger partial charge is 0.497 e. The summed E-state index contributed by atoms with van der Waals surface area (Å²) in [5.41, 5.74) is 0.345. The zero-order valence-corrected chi connectivity index (χ0v) is 13.6. The van der Waals surface area contributed by atoms with Gasteiger partial charge in [-0.05, 0) is 36.2 Å². The van der Waals surface area contributed by atoms with E-state index in [1.165, 1.54) is 6.07 Å². The molecule has 0 heterocycles. The quantitative estimate of drug-likeness (QED) is 0.780. The Kier molecular flexibility index (Phi) is 6.45. The maximum absolute atomic E-state index is 13.4. The Balaban J connectivity index is 1.76. The summed E-state index contributed by atoms with van der Waals surface area (Å²) in [7, 11) is 1.56.